The Labute approximate surface area is 232 Å². The van der Waals surface area contributed by atoms with E-state index in [2.05, 4.69) is 25.5 Å². The first kappa shape index (κ1) is 27.4. The fraction of sp³-hybridized carbons (Fsp3) is 0.464. The summed E-state index contributed by atoms with van der Waals surface area (Å²) < 4.78 is 16.6. The molecule has 1 atom stereocenters. The maximum Gasteiger partial charge on any atom is 0.319 e. The van der Waals surface area contributed by atoms with E-state index in [1.807, 2.05) is 0 Å². The van der Waals surface area contributed by atoms with Crippen molar-refractivity contribution in [3.8, 4) is 23.1 Å². The molecule has 212 valence electrons. The largest absolute Gasteiger partial charge is 0.493 e. The number of hydrogen-bond donors (Lipinski definition) is 2. The van der Waals surface area contributed by atoms with Crippen LogP contribution < -0.4 is 24.8 Å². The van der Waals surface area contributed by atoms with Crippen LogP contribution in [0.3, 0.4) is 0 Å². The lowest BCUT2D eigenvalue weighted by atomic mass is 9.89. The summed E-state index contributed by atoms with van der Waals surface area (Å²) in [5, 5.41) is 18.0. The number of methoxy groups -OCH3 is 2. The molecular formula is C28H34N6O6. The van der Waals surface area contributed by atoms with Gasteiger partial charge in [0.05, 0.1) is 36.1 Å². The Morgan fingerprint density at radius 2 is 1.85 bits per heavy atom. The minimum Gasteiger partial charge on any atom is -0.493 e. The van der Waals surface area contributed by atoms with Crippen LogP contribution in [0.1, 0.15) is 38.5 Å². The number of hydrogen-bond acceptors (Lipinski definition) is 9. The molecule has 1 unspecified atom stereocenters. The standard InChI is InChI=1S/C28H34N6O6/c1-38-25-13-21-23(14-26(25)39-2)29-17-30-27(21)40-20-8-9-22(24(12-20)34(36)37)32-28(35)31-19-10-11-33(16-19)15-18-6-4-3-5-7-18/h8-9,12-14,17-19H,3-7,10-11,15-16H2,1-2H3,(H2,31,32,35). The summed E-state index contributed by atoms with van der Waals surface area (Å²) in [5.41, 5.74) is 0.331. The number of aromatic nitrogens is 2. The van der Waals surface area contributed by atoms with E-state index in [-0.39, 0.29) is 29.0 Å². The molecule has 0 radical (unpaired) electrons. The molecule has 12 nitrogen and oxygen atoms in total. The van der Waals surface area contributed by atoms with Gasteiger partial charge in [-0.1, -0.05) is 19.3 Å². The van der Waals surface area contributed by atoms with Gasteiger partial charge in [0.15, 0.2) is 11.5 Å². The number of likely N-dealkylation sites (tertiary alicyclic amines) is 1. The van der Waals surface area contributed by atoms with Gasteiger partial charge in [-0.3, -0.25) is 10.1 Å². The van der Waals surface area contributed by atoms with E-state index in [0.29, 0.717) is 22.4 Å². The molecule has 1 aliphatic heterocycles. The number of nitrogens with one attached hydrogen (secondary N) is 2. The second kappa shape index (κ2) is 12.3. The van der Waals surface area contributed by atoms with Crippen molar-refractivity contribution in [1.82, 2.24) is 20.2 Å². The second-order valence-electron chi connectivity index (χ2n) is 10.3. The third-order valence-corrected chi connectivity index (χ3v) is 7.58. The monoisotopic (exact) mass is 550 g/mol. The average molecular weight is 551 g/mol. The summed E-state index contributed by atoms with van der Waals surface area (Å²) in [4.78, 5) is 34.9. The lowest BCUT2D eigenvalue weighted by Crippen LogP contribution is -2.40. The fourth-order valence-electron chi connectivity index (χ4n) is 5.58. The molecule has 2 fully saturated rings. The number of urea groups is 1. The summed E-state index contributed by atoms with van der Waals surface area (Å²) in [6, 6.07) is 7.15. The van der Waals surface area contributed by atoms with E-state index >= 15 is 0 Å². The lowest BCUT2D eigenvalue weighted by molar-refractivity contribution is -0.384. The first-order valence-electron chi connectivity index (χ1n) is 13.6. The van der Waals surface area contributed by atoms with E-state index in [4.69, 9.17) is 14.2 Å². The third-order valence-electron chi connectivity index (χ3n) is 7.58. The molecule has 5 rings (SSSR count). The predicted octanol–water partition coefficient (Wildman–Crippen LogP) is 5.12. The van der Waals surface area contributed by atoms with Crippen molar-refractivity contribution < 1.29 is 23.9 Å². The maximum absolute atomic E-state index is 12.7. The van der Waals surface area contributed by atoms with Crippen LogP contribution in [0.2, 0.25) is 0 Å². The Balaban J connectivity index is 1.25. The van der Waals surface area contributed by atoms with Crippen LogP contribution in [0.5, 0.6) is 23.1 Å². The molecule has 2 aliphatic rings. The molecule has 1 aliphatic carbocycles. The van der Waals surface area contributed by atoms with Crippen molar-refractivity contribution in [3.63, 3.8) is 0 Å². The lowest BCUT2D eigenvalue weighted by Gasteiger charge is -2.26. The molecule has 1 saturated heterocycles. The van der Waals surface area contributed by atoms with E-state index in [1.54, 1.807) is 18.2 Å². The maximum atomic E-state index is 12.7. The first-order valence-corrected chi connectivity index (χ1v) is 13.6. The van der Waals surface area contributed by atoms with Gasteiger partial charge in [0, 0.05) is 31.7 Å². The van der Waals surface area contributed by atoms with Gasteiger partial charge >= 0.3 is 6.03 Å². The van der Waals surface area contributed by atoms with Gasteiger partial charge in [-0.2, -0.15) is 0 Å². The van der Waals surface area contributed by atoms with Crippen molar-refractivity contribution in [1.29, 1.82) is 0 Å². The Morgan fingerprint density at radius 1 is 1.07 bits per heavy atom. The number of nitro groups is 1. The summed E-state index contributed by atoms with van der Waals surface area (Å²) in [6.45, 7) is 2.82. The zero-order valence-corrected chi connectivity index (χ0v) is 22.7. The number of carbonyl (C=O) groups excluding carboxylic acids is 1. The molecule has 40 heavy (non-hydrogen) atoms. The molecule has 0 bridgehead atoms. The first-order chi connectivity index (χ1) is 19.4. The molecule has 2 aromatic carbocycles. The van der Waals surface area contributed by atoms with Crippen molar-refractivity contribution in [2.24, 2.45) is 5.92 Å². The Hall–Kier alpha value is -4.19. The highest BCUT2D eigenvalue weighted by molar-refractivity contribution is 5.92. The number of benzene rings is 2. The van der Waals surface area contributed by atoms with E-state index in [0.717, 1.165) is 32.0 Å². The molecular weight excluding hydrogens is 516 g/mol. The van der Waals surface area contributed by atoms with Crippen LogP contribution in [-0.2, 0) is 0 Å². The Kier molecular flexibility index (Phi) is 8.44. The van der Waals surface area contributed by atoms with Crippen molar-refractivity contribution in [3.05, 3.63) is 46.8 Å². The highest BCUT2D eigenvalue weighted by Crippen LogP contribution is 2.37. The van der Waals surface area contributed by atoms with Crippen LogP contribution in [0.25, 0.3) is 10.9 Å². The van der Waals surface area contributed by atoms with Crippen molar-refractivity contribution in [2.75, 3.05) is 39.2 Å². The van der Waals surface area contributed by atoms with E-state index < -0.39 is 11.0 Å². The van der Waals surface area contributed by atoms with Crippen molar-refractivity contribution >= 4 is 28.3 Å². The number of carbonyl (C=O) groups is 1. The summed E-state index contributed by atoms with van der Waals surface area (Å²) >= 11 is 0. The molecule has 0 spiro atoms. The predicted molar refractivity (Wildman–Crippen MR) is 149 cm³/mol. The van der Waals surface area contributed by atoms with Crippen LogP contribution >= 0.6 is 0 Å². The molecule has 2 heterocycles. The summed E-state index contributed by atoms with van der Waals surface area (Å²) in [6.07, 6.45) is 8.72. The Morgan fingerprint density at radius 3 is 2.60 bits per heavy atom. The molecule has 1 aromatic heterocycles. The van der Waals surface area contributed by atoms with Crippen LogP contribution in [0.15, 0.2) is 36.7 Å². The van der Waals surface area contributed by atoms with Gasteiger partial charge in [-0.25, -0.2) is 14.8 Å². The number of nitrogens with zero attached hydrogens (tertiary/aromatic N) is 4. The zero-order chi connectivity index (χ0) is 28.1. The quantitative estimate of drug-likeness (QED) is 0.274. The summed E-state index contributed by atoms with van der Waals surface area (Å²) in [7, 11) is 3.04. The molecule has 1 saturated carbocycles. The van der Waals surface area contributed by atoms with Gasteiger partial charge in [-0.15, -0.1) is 0 Å². The molecule has 2 amide bonds. The smallest absolute Gasteiger partial charge is 0.319 e. The van der Waals surface area contributed by atoms with E-state index in [1.165, 1.54) is 64.8 Å². The highest BCUT2D eigenvalue weighted by Gasteiger charge is 2.27. The fourth-order valence-corrected chi connectivity index (χ4v) is 5.58. The average Bonchev–Trinajstić information content (AvgIpc) is 3.39. The van der Waals surface area contributed by atoms with Gasteiger partial charge in [0.25, 0.3) is 5.69 Å². The number of ether oxygens (including phenoxy) is 3. The van der Waals surface area contributed by atoms with Crippen LogP contribution in [0.4, 0.5) is 16.2 Å². The SMILES string of the molecule is COc1cc2ncnc(Oc3ccc(NC(=O)NC4CCN(CC5CCCCC5)C4)c([N+](=O)[O-])c3)c2cc1OC. The number of anilines is 1. The van der Waals surface area contributed by atoms with Crippen LogP contribution in [0, 0.1) is 16.0 Å². The van der Waals surface area contributed by atoms with Gasteiger partial charge in [0.1, 0.15) is 17.8 Å². The van der Waals surface area contributed by atoms with Crippen molar-refractivity contribution in [2.45, 2.75) is 44.6 Å². The second-order valence-corrected chi connectivity index (χ2v) is 10.3. The molecule has 3 aromatic rings. The van der Waals surface area contributed by atoms with Crippen LogP contribution in [-0.4, -0.2) is 65.7 Å². The number of rotatable bonds is 9. The minimum absolute atomic E-state index is 0.00640. The van der Waals surface area contributed by atoms with E-state index in [9.17, 15) is 14.9 Å². The minimum atomic E-state index is -0.560. The van der Waals surface area contributed by atoms with Gasteiger partial charge in [0.2, 0.25) is 5.88 Å². The van der Waals surface area contributed by atoms with Gasteiger partial charge in [-0.05, 0) is 43.4 Å². The third kappa shape index (κ3) is 6.33. The number of fused-ring (bicyclic) bond motifs is 1. The van der Waals surface area contributed by atoms with Gasteiger partial charge < -0.3 is 29.7 Å². The zero-order valence-electron chi connectivity index (χ0n) is 22.7. The highest BCUT2D eigenvalue weighted by atomic mass is 16.6. The normalized spacial score (nSPS) is 17.9. The topological polar surface area (TPSA) is 141 Å². The summed E-state index contributed by atoms with van der Waals surface area (Å²) in [5.74, 6) is 2.08. The number of nitro benzene ring substituents is 1. The number of amides is 2. The molecule has 2 N–H and O–H groups in total. The Bertz CT molecular complexity index is 1380. The molecule has 12 heteroatoms.